The van der Waals surface area contributed by atoms with Gasteiger partial charge in [-0.25, -0.2) is 4.79 Å². The van der Waals surface area contributed by atoms with Gasteiger partial charge in [-0.3, -0.25) is 4.79 Å². The van der Waals surface area contributed by atoms with Gasteiger partial charge in [0.15, 0.2) is 0 Å². The Morgan fingerprint density at radius 1 is 1.32 bits per heavy atom. The quantitative estimate of drug-likeness (QED) is 0.570. The Hall–Kier alpha value is -1.32. The molecule has 0 aromatic carbocycles. The van der Waals surface area contributed by atoms with Crippen molar-refractivity contribution in [3.8, 4) is 0 Å². The summed E-state index contributed by atoms with van der Waals surface area (Å²) in [6.07, 6.45) is 5.89. The van der Waals surface area contributed by atoms with Crippen molar-refractivity contribution in [3.63, 3.8) is 0 Å². The zero-order valence-corrected chi connectivity index (χ0v) is 12.3. The summed E-state index contributed by atoms with van der Waals surface area (Å²) in [6, 6.07) is 0. The molecule has 1 heterocycles. The summed E-state index contributed by atoms with van der Waals surface area (Å²) in [5.41, 5.74) is 1.33. The molecule has 0 saturated heterocycles. The van der Waals surface area contributed by atoms with Gasteiger partial charge in [-0.1, -0.05) is 32.6 Å². The number of hydrogen-bond donors (Lipinski definition) is 1. The topological polar surface area (TPSA) is 55.4 Å². The maximum atomic E-state index is 12.0. The molecule has 1 atom stereocenters. The Balaban J connectivity index is 2.70. The molecule has 1 unspecified atom stereocenters. The number of amides is 1. The molecule has 19 heavy (non-hydrogen) atoms. The van der Waals surface area contributed by atoms with Crippen molar-refractivity contribution in [2.24, 2.45) is 5.92 Å². The van der Waals surface area contributed by atoms with Gasteiger partial charge in [-0.2, -0.15) is 0 Å². The van der Waals surface area contributed by atoms with Crippen molar-refractivity contribution in [1.29, 1.82) is 0 Å². The van der Waals surface area contributed by atoms with Gasteiger partial charge in [0.1, 0.15) is 0 Å². The zero-order valence-electron chi connectivity index (χ0n) is 12.3. The number of hydrogen-bond acceptors (Lipinski definition) is 3. The first-order valence-electron chi connectivity index (χ1n) is 7.27. The Morgan fingerprint density at radius 3 is 2.68 bits per heavy atom. The first-order chi connectivity index (χ1) is 9.10. The van der Waals surface area contributed by atoms with E-state index in [2.05, 4.69) is 12.2 Å². The normalized spacial score (nSPS) is 19.3. The lowest BCUT2D eigenvalue weighted by Gasteiger charge is -2.26. The van der Waals surface area contributed by atoms with Crippen molar-refractivity contribution < 1.29 is 14.3 Å². The maximum Gasteiger partial charge on any atom is 0.336 e. The van der Waals surface area contributed by atoms with E-state index in [1.807, 2.05) is 0 Å². The average molecular weight is 267 g/mol. The first kappa shape index (κ1) is 15.7. The number of carbonyl (C=O) groups is 2. The van der Waals surface area contributed by atoms with Crippen LogP contribution in [0.25, 0.3) is 0 Å². The fourth-order valence-electron chi connectivity index (χ4n) is 2.55. The lowest BCUT2D eigenvalue weighted by Crippen LogP contribution is -2.35. The predicted octanol–water partition coefficient (Wildman–Crippen LogP) is 2.93. The molecule has 0 spiro atoms. The summed E-state index contributed by atoms with van der Waals surface area (Å²) in [5.74, 6) is -0.254. The molecular formula is C15H25NO3. The van der Waals surface area contributed by atoms with Crippen LogP contribution in [-0.4, -0.2) is 18.5 Å². The molecule has 0 aromatic rings. The molecular weight excluding hydrogens is 242 g/mol. The van der Waals surface area contributed by atoms with Gasteiger partial charge in [0, 0.05) is 18.0 Å². The summed E-state index contributed by atoms with van der Waals surface area (Å²) >= 11 is 0. The summed E-state index contributed by atoms with van der Waals surface area (Å²) < 4.78 is 5.10. The van der Waals surface area contributed by atoms with Crippen LogP contribution < -0.4 is 5.32 Å². The number of esters is 1. The van der Waals surface area contributed by atoms with E-state index in [1.54, 1.807) is 13.8 Å². The fraction of sp³-hybridized carbons (Fsp3) is 0.733. The van der Waals surface area contributed by atoms with Crippen LogP contribution in [-0.2, 0) is 14.3 Å². The van der Waals surface area contributed by atoms with Crippen LogP contribution in [0.2, 0.25) is 0 Å². The summed E-state index contributed by atoms with van der Waals surface area (Å²) in [4.78, 5) is 23.6. The molecule has 1 amide bonds. The van der Waals surface area contributed by atoms with Gasteiger partial charge >= 0.3 is 5.97 Å². The summed E-state index contributed by atoms with van der Waals surface area (Å²) in [7, 11) is 0. The third-order valence-electron chi connectivity index (χ3n) is 3.47. The van der Waals surface area contributed by atoms with Gasteiger partial charge < -0.3 is 10.1 Å². The number of rotatable bonds is 7. The predicted molar refractivity (Wildman–Crippen MR) is 74.3 cm³/mol. The lowest BCUT2D eigenvalue weighted by molar-refractivity contribution is -0.139. The van der Waals surface area contributed by atoms with Crippen LogP contribution in [0.4, 0.5) is 0 Å². The summed E-state index contributed by atoms with van der Waals surface area (Å²) in [5, 5.41) is 2.74. The Kier molecular flexibility index (Phi) is 6.60. The van der Waals surface area contributed by atoms with Crippen molar-refractivity contribution in [3.05, 3.63) is 11.3 Å². The number of allylic oxidation sites excluding steroid dienone is 1. The third kappa shape index (κ3) is 4.69. The van der Waals surface area contributed by atoms with E-state index in [1.165, 1.54) is 12.8 Å². The molecule has 0 bridgehead atoms. The number of carbonyl (C=O) groups excluding carboxylic acids is 2. The summed E-state index contributed by atoms with van der Waals surface area (Å²) in [6.45, 7) is 6.11. The molecule has 0 saturated carbocycles. The van der Waals surface area contributed by atoms with Crippen molar-refractivity contribution in [2.75, 3.05) is 6.61 Å². The second-order valence-electron chi connectivity index (χ2n) is 5.06. The molecule has 1 N–H and O–H groups in total. The second-order valence-corrected chi connectivity index (χ2v) is 5.06. The van der Waals surface area contributed by atoms with E-state index >= 15 is 0 Å². The molecule has 4 heteroatoms. The van der Waals surface area contributed by atoms with Crippen LogP contribution in [0.1, 0.15) is 59.3 Å². The molecule has 4 nitrogen and oxygen atoms in total. The molecule has 1 aliphatic rings. The van der Waals surface area contributed by atoms with Crippen molar-refractivity contribution in [2.45, 2.75) is 59.3 Å². The van der Waals surface area contributed by atoms with Crippen LogP contribution in [0.15, 0.2) is 11.3 Å². The molecule has 1 rings (SSSR count). The molecule has 1 aliphatic heterocycles. The molecule has 0 aromatic heterocycles. The highest BCUT2D eigenvalue weighted by Gasteiger charge is 2.30. The Bertz CT molecular complexity index is 360. The van der Waals surface area contributed by atoms with Gasteiger partial charge in [-0.05, 0) is 20.3 Å². The van der Waals surface area contributed by atoms with Gasteiger partial charge in [0.25, 0.3) is 0 Å². The van der Waals surface area contributed by atoms with E-state index in [9.17, 15) is 9.59 Å². The highest BCUT2D eigenvalue weighted by atomic mass is 16.5. The molecule has 0 aliphatic carbocycles. The highest BCUT2D eigenvalue weighted by molar-refractivity contribution is 5.94. The standard InChI is InChI=1S/C15H25NO3/c1-4-6-7-8-9-12-10-13(17)16-11(3)14(12)15(18)19-5-2/h12H,4-10H2,1-3H3,(H,16,17). The van der Waals surface area contributed by atoms with Gasteiger partial charge in [-0.15, -0.1) is 0 Å². The maximum absolute atomic E-state index is 12.0. The molecule has 108 valence electrons. The first-order valence-corrected chi connectivity index (χ1v) is 7.27. The van der Waals surface area contributed by atoms with Crippen LogP contribution in [0.5, 0.6) is 0 Å². The van der Waals surface area contributed by atoms with Crippen LogP contribution in [0.3, 0.4) is 0 Å². The largest absolute Gasteiger partial charge is 0.463 e. The lowest BCUT2D eigenvalue weighted by atomic mass is 9.86. The van der Waals surface area contributed by atoms with Crippen LogP contribution in [0, 0.1) is 5.92 Å². The smallest absolute Gasteiger partial charge is 0.336 e. The van der Waals surface area contributed by atoms with Crippen molar-refractivity contribution in [1.82, 2.24) is 5.32 Å². The second kappa shape index (κ2) is 7.97. The fourth-order valence-corrected chi connectivity index (χ4v) is 2.55. The van der Waals surface area contributed by atoms with E-state index < -0.39 is 0 Å². The van der Waals surface area contributed by atoms with E-state index in [0.29, 0.717) is 24.3 Å². The van der Waals surface area contributed by atoms with E-state index in [-0.39, 0.29) is 17.8 Å². The Labute approximate surface area is 115 Å². The minimum atomic E-state index is -0.277. The highest BCUT2D eigenvalue weighted by Crippen LogP contribution is 2.28. The molecule has 0 radical (unpaired) electrons. The monoisotopic (exact) mass is 267 g/mol. The van der Waals surface area contributed by atoms with Crippen molar-refractivity contribution >= 4 is 11.9 Å². The van der Waals surface area contributed by atoms with Crippen LogP contribution >= 0.6 is 0 Å². The van der Waals surface area contributed by atoms with Gasteiger partial charge in [0.05, 0.1) is 12.2 Å². The van der Waals surface area contributed by atoms with Gasteiger partial charge in [0.2, 0.25) is 5.91 Å². The number of unbranched alkanes of at least 4 members (excludes halogenated alkanes) is 3. The van der Waals surface area contributed by atoms with E-state index in [4.69, 9.17) is 4.74 Å². The minimum Gasteiger partial charge on any atom is -0.463 e. The third-order valence-corrected chi connectivity index (χ3v) is 3.47. The average Bonchev–Trinajstić information content (AvgIpc) is 2.34. The Morgan fingerprint density at radius 2 is 2.05 bits per heavy atom. The number of nitrogens with one attached hydrogen (secondary N) is 1. The zero-order chi connectivity index (χ0) is 14.3. The number of ether oxygens (including phenoxy) is 1. The SMILES string of the molecule is CCCCCCC1CC(=O)NC(C)=C1C(=O)OCC. The molecule has 0 fully saturated rings. The van der Waals surface area contributed by atoms with E-state index in [0.717, 1.165) is 19.3 Å². The minimum absolute atomic E-state index is 0.00559.